The van der Waals surface area contributed by atoms with E-state index in [2.05, 4.69) is 15.4 Å². The molecule has 0 saturated heterocycles. The van der Waals surface area contributed by atoms with Crippen molar-refractivity contribution in [2.24, 2.45) is 0 Å². The Labute approximate surface area is 117 Å². The minimum absolute atomic E-state index is 0.0285. The fourth-order valence-electron chi connectivity index (χ4n) is 1.70. The normalized spacial score (nSPS) is 11.6. The van der Waals surface area contributed by atoms with Gasteiger partial charge < -0.3 is 15.4 Å². The Morgan fingerprint density at radius 1 is 1.20 bits per heavy atom. The Kier molecular flexibility index (Phi) is 5.86. The van der Waals surface area contributed by atoms with Gasteiger partial charge in [-0.2, -0.15) is 0 Å². The summed E-state index contributed by atoms with van der Waals surface area (Å²) in [6, 6.07) is 5.86. The Balaban J connectivity index is 2.79. The highest BCUT2D eigenvalue weighted by molar-refractivity contribution is 6.02. The molecule has 1 aromatic rings. The number of likely N-dealkylation sites (N-methyl/N-ethyl adjacent to an activating group) is 1. The first-order chi connectivity index (χ1) is 9.47. The molecule has 2 N–H and O–H groups in total. The number of ether oxygens (including phenoxy) is 1. The van der Waals surface area contributed by atoms with E-state index in [4.69, 9.17) is 0 Å². The summed E-state index contributed by atoms with van der Waals surface area (Å²) in [6.45, 7) is 1.41. The third-order valence-electron chi connectivity index (χ3n) is 2.75. The molecule has 0 aliphatic carbocycles. The second-order valence-corrected chi connectivity index (χ2v) is 4.24. The van der Waals surface area contributed by atoms with Gasteiger partial charge in [-0.1, -0.05) is 0 Å². The van der Waals surface area contributed by atoms with E-state index >= 15 is 0 Å². The van der Waals surface area contributed by atoms with Gasteiger partial charge in [-0.25, -0.2) is 0 Å². The Morgan fingerprint density at radius 3 is 2.25 bits per heavy atom. The van der Waals surface area contributed by atoms with Crippen LogP contribution >= 0.6 is 0 Å². The minimum Gasteiger partial charge on any atom is -0.469 e. The number of anilines is 1. The summed E-state index contributed by atoms with van der Waals surface area (Å²) < 4.78 is 4.55. The monoisotopic (exact) mass is 278 g/mol. The molecule has 0 aliphatic heterocycles. The average Bonchev–Trinajstić information content (AvgIpc) is 2.44. The van der Waals surface area contributed by atoms with E-state index in [9.17, 15) is 14.4 Å². The molecule has 0 bridgehead atoms. The first-order valence-corrected chi connectivity index (χ1v) is 6.14. The molecule has 1 rings (SSSR count). The standard InChI is InChI=1S/C14H18N2O4/c1-9(17)16-11-6-4-10(5-7-11)14(19)12(15-2)8-13(18)20-3/h4-7,12,15H,8H2,1-3H3,(H,16,17). The van der Waals surface area contributed by atoms with Crippen LogP contribution in [0.5, 0.6) is 0 Å². The lowest BCUT2D eigenvalue weighted by Gasteiger charge is -2.14. The van der Waals surface area contributed by atoms with Crippen LogP contribution in [0, 0.1) is 0 Å². The number of methoxy groups -OCH3 is 1. The summed E-state index contributed by atoms with van der Waals surface area (Å²) in [5.74, 6) is -0.831. The quantitative estimate of drug-likeness (QED) is 0.598. The number of hydrogen-bond donors (Lipinski definition) is 2. The van der Waals surface area contributed by atoms with Crippen molar-refractivity contribution in [2.45, 2.75) is 19.4 Å². The van der Waals surface area contributed by atoms with Gasteiger partial charge in [0.25, 0.3) is 0 Å². The second-order valence-electron chi connectivity index (χ2n) is 4.24. The third kappa shape index (κ3) is 4.47. The van der Waals surface area contributed by atoms with Gasteiger partial charge in [-0.05, 0) is 31.3 Å². The summed E-state index contributed by atoms with van der Waals surface area (Å²) in [5, 5.41) is 5.41. The first kappa shape index (κ1) is 15.8. The van der Waals surface area contributed by atoms with Gasteiger partial charge in [0.2, 0.25) is 5.91 Å². The zero-order valence-electron chi connectivity index (χ0n) is 11.7. The minimum atomic E-state index is -0.630. The van der Waals surface area contributed by atoms with E-state index in [0.29, 0.717) is 11.3 Å². The van der Waals surface area contributed by atoms with Crippen molar-refractivity contribution in [3.63, 3.8) is 0 Å². The molecule has 6 heteroatoms. The van der Waals surface area contributed by atoms with Crippen molar-refractivity contribution >= 4 is 23.3 Å². The highest BCUT2D eigenvalue weighted by atomic mass is 16.5. The van der Waals surface area contributed by atoms with Crippen LogP contribution in [0.4, 0.5) is 5.69 Å². The van der Waals surface area contributed by atoms with Crippen molar-refractivity contribution in [2.75, 3.05) is 19.5 Å². The van der Waals surface area contributed by atoms with E-state index < -0.39 is 12.0 Å². The zero-order valence-corrected chi connectivity index (χ0v) is 11.7. The molecule has 20 heavy (non-hydrogen) atoms. The molecule has 1 amide bonds. The molecule has 1 aromatic carbocycles. The maximum atomic E-state index is 12.2. The third-order valence-corrected chi connectivity index (χ3v) is 2.75. The molecule has 0 fully saturated rings. The maximum absolute atomic E-state index is 12.2. The number of carbonyl (C=O) groups is 3. The van der Waals surface area contributed by atoms with Crippen LogP contribution in [0.15, 0.2) is 24.3 Å². The van der Waals surface area contributed by atoms with Crippen molar-refractivity contribution in [1.82, 2.24) is 5.32 Å². The summed E-state index contributed by atoms with van der Waals surface area (Å²) >= 11 is 0. The van der Waals surface area contributed by atoms with Gasteiger partial charge in [0, 0.05) is 18.2 Å². The molecule has 0 saturated carbocycles. The van der Waals surface area contributed by atoms with Crippen LogP contribution in [-0.4, -0.2) is 37.9 Å². The molecular formula is C14H18N2O4. The van der Waals surface area contributed by atoms with Crippen LogP contribution in [-0.2, 0) is 14.3 Å². The topological polar surface area (TPSA) is 84.5 Å². The van der Waals surface area contributed by atoms with Gasteiger partial charge in [0.15, 0.2) is 5.78 Å². The predicted octanol–water partition coefficient (Wildman–Crippen LogP) is 0.979. The fraction of sp³-hybridized carbons (Fsp3) is 0.357. The lowest BCUT2D eigenvalue weighted by molar-refractivity contribution is -0.140. The summed E-state index contributed by atoms with van der Waals surface area (Å²) in [7, 11) is 2.89. The van der Waals surface area contributed by atoms with Crippen LogP contribution in [0.1, 0.15) is 23.7 Å². The second kappa shape index (κ2) is 7.40. The molecule has 108 valence electrons. The molecule has 0 aromatic heterocycles. The van der Waals surface area contributed by atoms with Crippen molar-refractivity contribution < 1.29 is 19.1 Å². The predicted molar refractivity (Wildman–Crippen MR) is 74.6 cm³/mol. The summed E-state index contributed by atoms with van der Waals surface area (Å²) in [5.41, 5.74) is 1.07. The van der Waals surface area contributed by atoms with Crippen molar-refractivity contribution in [1.29, 1.82) is 0 Å². The van der Waals surface area contributed by atoms with Crippen LogP contribution < -0.4 is 10.6 Å². The largest absolute Gasteiger partial charge is 0.469 e. The van der Waals surface area contributed by atoms with Gasteiger partial charge in [-0.15, -0.1) is 0 Å². The first-order valence-electron chi connectivity index (χ1n) is 6.14. The highest BCUT2D eigenvalue weighted by Gasteiger charge is 2.21. The van der Waals surface area contributed by atoms with Gasteiger partial charge in [0.05, 0.1) is 19.6 Å². The average molecular weight is 278 g/mol. The smallest absolute Gasteiger partial charge is 0.307 e. The fourth-order valence-corrected chi connectivity index (χ4v) is 1.70. The van der Waals surface area contributed by atoms with Crippen molar-refractivity contribution in [3.8, 4) is 0 Å². The van der Waals surface area contributed by atoms with E-state index in [1.54, 1.807) is 31.3 Å². The van der Waals surface area contributed by atoms with E-state index in [1.165, 1.54) is 14.0 Å². The van der Waals surface area contributed by atoms with E-state index in [-0.39, 0.29) is 18.1 Å². The van der Waals surface area contributed by atoms with Gasteiger partial charge >= 0.3 is 5.97 Å². The Hall–Kier alpha value is -2.21. The molecule has 1 unspecified atom stereocenters. The zero-order chi connectivity index (χ0) is 15.1. The number of rotatable bonds is 6. The number of amides is 1. The van der Waals surface area contributed by atoms with Crippen molar-refractivity contribution in [3.05, 3.63) is 29.8 Å². The number of benzene rings is 1. The summed E-state index contributed by atoms with van der Waals surface area (Å²) in [4.78, 5) is 34.3. The number of ketones is 1. The molecule has 0 aliphatic rings. The van der Waals surface area contributed by atoms with E-state index in [0.717, 1.165) is 0 Å². The molecule has 0 heterocycles. The van der Waals surface area contributed by atoms with Crippen LogP contribution in [0.2, 0.25) is 0 Å². The number of Topliss-reactive ketones (excluding diaryl/α,β-unsaturated/α-hetero) is 1. The number of carbonyl (C=O) groups excluding carboxylic acids is 3. The number of esters is 1. The van der Waals surface area contributed by atoms with Crippen LogP contribution in [0.3, 0.4) is 0 Å². The molecular weight excluding hydrogens is 260 g/mol. The van der Waals surface area contributed by atoms with E-state index in [1.807, 2.05) is 0 Å². The molecule has 1 atom stereocenters. The lowest BCUT2D eigenvalue weighted by atomic mass is 10.0. The molecule has 6 nitrogen and oxygen atoms in total. The number of hydrogen-bond acceptors (Lipinski definition) is 5. The highest BCUT2D eigenvalue weighted by Crippen LogP contribution is 2.12. The summed E-state index contributed by atoms with van der Waals surface area (Å²) in [6.07, 6.45) is -0.0285. The molecule has 0 spiro atoms. The SMILES string of the molecule is CNC(CC(=O)OC)C(=O)c1ccc(NC(C)=O)cc1. The van der Waals surface area contributed by atoms with Gasteiger partial charge in [-0.3, -0.25) is 14.4 Å². The molecule has 0 radical (unpaired) electrons. The number of nitrogens with one attached hydrogen (secondary N) is 2. The Morgan fingerprint density at radius 2 is 1.80 bits per heavy atom. The van der Waals surface area contributed by atoms with Gasteiger partial charge in [0.1, 0.15) is 0 Å². The van der Waals surface area contributed by atoms with Crippen LogP contribution in [0.25, 0.3) is 0 Å². The maximum Gasteiger partial charge on any atom is 0.307 e. The lowest BCUT2D eigenvalue weighted by Crippen LogP contribution is -2.36. The Bertz CT molecular complexity index is 496.